The SMILES string of the molecule is CC(=O)NCCCCN(C1CC1)C1CC1. The molecular weight excluding hydrogens is 188 g/mol. The summed E-state index contributed by atoms with van der Waals surface area (Å²) >= 11 is 0. The number of carbonyl (C=O) groups excluding carboxylic acids is 1. The molecule has 0 bridgehead atoms. The molecule has 86 valence electrons. The minimum Gasteiger partial charge on any atom is -0.356 e. The van der Waals surface area contributed by atoms with Crippen molar-refractivity contribution < 1.29 is 4.79 Å². The molecule has 0 saturated heterocycles. The minimum atomic E-state index is 0.0937. The molecular formula is C12H22N2O. The van der Waals surface area contributed by atoms with E-state index in [9.17, 15) is 4.79 Å². The zero-order valence-electron chi connectivity index (χ0n) is 9.67. The molecule has 0 aromatic rings. The Balaban J connectivity index is 1.53. The van der Waals surface area contributed by atoms with Gasteiger partial charge in [0.05, 0.1) is 0 Å². The lowest BCUT2D eigenvalue weighted by atomic mass is 10.2. The van der Waals surface area contributed by atoms with Crippen LogP contribution in [0.2, 0.25) is 0 Å². The second-order valence-electron chi connectivity index (χ2n) is 4.89. The Morgan fingerprint density at radius 3 is 2.27 bits per heavy atom. The van der Waals surface area contributed by atoms with Crippen LogP contribution in [0.25, 0.3) is 0 Å². The molecule has 0 aliphatic heterocycles. The van der Waals surface area contributed by atoms with E-state index in [1.165, 1.54) is 38.6 Å². The van der Waals surface area contributed by atoms with E-state index >= 15 is 0 Å². The molecule has 2 saturated carbocycles. The topological polar surface area (TPSA) is 32.3 Å². The van der Waals surface area contributed by atoms with Crippen LogP contribution < -0.4 is 5.32 Å². The lowest BCUT2D eigenvalue weighted by molar-refractivity contribution is -0.118. The molecule has 0 radical (unpaired) electrons. The van der Waals surface area contributed by atoms with Crippen LogP contribution in [0.3, 0.4) is 0 Å². The number of nitrogens with zero attached hydrogens (tertiary/aromatic N) is 1. The van der Waals surface area contributed by atoms with E-state index in [0.717, 1.165) is 25.0 Å². The summed E-state index contributed by atoms with van der Waals surface area (Å²) in [6.45, 7) is 3.67. The fourth-order valence-electron chi connectivity index (χ4n) is 2.16. The normalized spacial score (nSPS) is 20.7. The van der Waals surface area contributed by atoms with Gasteiger partial charge in [-0.05, 0) is 45.1 Å². The highest BCUT2D eigenvalue weighted by molar-refractivity contribution is 5.72. The maximum absolute atomic E-state index is 10.7. The van der Waals surface area contributed by atoms with Crippen molar-refractivity contribution in [1.29, 1.82) is 0 Å². The highest BCUT2D eigenvalue weighted by Crippen LogP contribution is 2.37. The number of hydrogen-bond acceptors (Lipinski definition) is 2. The first-order chi connectivity index (χ1) is 7.27. The van der Waals surface area contributed by atoms with E-state index in [4.69, 9.17) is 0 Å². The van der Waals surface area contributed by atoms with Gasteiger partial charge in [-0.2, -0.15) is 0 Å². The average Bonchev–Trinajstić information content (AvgIpc) is 3.00. The molecule has 0 aromatic carbocycles. The summed E-state index contributed by atoms with van der Waals surface area (Å²) in [6.07, 6.45) is 8.03. The number of hydrogen-bond donors (Lipinski definition) is 1. The Bertz CT molecular complexity index is 210. The van der Waals surface area contributed by atoms with Gasteiger partial charge in [0.2, 0.25) is 5.91 Å². The van der Waals surface area contributed by atoms with Gasteiger partial charge in [-0.15, -0.1) is 0 Å². The molecule has 0 unspecified atom stereocenters. The van der Waals surface area contributed by atoms with E-state index < -0.39 is 0 Å². The third kappa shape index (κ3) is 3.82. The van der Waals surface area contributed by atoms with Crippen molar-refractivity contribution in [2.75, 3.05) is 13.1 Å². The second kappa shape index (κ2) is 4.97. The quantitative estimate of drug-likeness (QED) is 0.646. The number of amides is 1. The zero-order valence-corrected chi connectivity index (χ0v) is 9.67. The molecule has 1 N–H and O–H groups in total. The first-order valence-electron chi connectivity index (χ1n) is 6.27. The van der Waals surface area contributed by atoms with Crippen LogP contribution >= 0.6 is 0 Å². The number of unbranched alkanes of at least 4 members (excludes halogenated alkanes) is 1. The zero-order chi connectivity index (χ0) is 10.7. The largest absolute Gasteiger partial charge is 0.356 e. The summed E-state index contributed by atoms with van der Waals surface area (Å²) in [6, 6.07) is 1.83. The average molecular weight is 210 g/mol. The molecule has 2 aliphatic carbocycles. The maximum Gasteiger partial charge on any atom is 0.216 e. The van der Waals surface area contributed by atoms with Crippen molar-refractivity contribution in [3.63, 3.8) is 0 Å². The fraction of sp³-hybridized carbons (Fsp3) is 0.917. The first-order valence-corrected chi connectivity index (χ1v) is 6.27. The molecule has 0 atom stereocenters. The monoisotopic (exact) mass is 210 g/mol. The van der Waals surface area contributed by atoms with Crippen LogP contribution in [0, 0.1) is 0 Å². The van der Waals surface area contributed by atoms with Crippen molar-refractivity contribution in [3.05, 3.63) is 0 Å². The van der Waals surface area contributed by atoms with Gasteiger partial charge in [0.25, 0.3) is 0 Å². The van der Waals surface area contributed by atoms with Gasteiger partial charge in [0, 0.05) is 25.6 Å². The molecule has 2 fully saturated rings. The number of carbonyl (C=O) groups is 1. The Hall–Kier alpha value is -0.570. The van der Waals surface area contributed by atoms with Crippen LogP contribution in [-0.4, -0.2) is 36.0 Å². The summed E-state index contributed by atoms with van der Waals surface area (Å²) in [4.78, 5) is 13.4. The molecule has 1 amide bonds. The highest BCUT2D eigenvalue weighted by Gasteiger charge is 2.38. The Labute approximate surface area is 92.2 Å². The molecule has 15 heavy (non-hydrogen) atoms. The molecule has 3 nitrogen and oxygen atoms in total. The lowest BCUT2D eigenvalue weighted by Gasteiger charge is -2.21. The molecule has 0 heterocycles. The van der Waals surface area contributed by atoms with E-state index in [1.54, 1.807) is 6.92 Å². The van der Waals surface area contributed by atoms with E-state index in [2.05, 4.69) is 10.2 Å². The molecule has 2 aliphatic rings. The van der Waals surface area contributed by atoms with E-state index in [-0.39, 0.29) is 5.91 Å². The summed E-state index contributed by atoms with van der Waals surface area (Å²) in [5.74, 6) is 0.0937. The van der Waals surface area contributed by atoms with Crippen LogP contribution in [0.5, 0.6) is 0 Å². The lowest BCUT2D eigenvalue weighted by Crippen LogP contribution is -2.30. The standard InChI is InChI=1S/C12H22N2O/c1-10(15)13-8-2-3-9-14(11-4-5-11)12-6-7-12/h11-12H,2-9H2,1H3,(H,13,15). The summed E-state index contributed by atoms with van der Waals surface area (Å²) in [5.41, 5.74) is 0. The minimum absolute atomic E-state index is 0.0937. The van der Waals surface area contributed by atoms with Crippen molar-refractivity contribution in [2.45, 2.75) is 57.5 Å². The maximum atomic E-state index is 10.7. The van der Waals surface area contributed by atoms with E-state index in [1.807, 2.05) is 0 Å². The molecule has 0 spiro atoms. The third-order valence-corrected chi connectivity index (χ3v) is 3.25. The number of rotatable bonds is 7. The van der Waals surface area contributed by atoms with Gasteiger partial charge in [0.15, 0.2) is 0 Å². The predicted octanol–water partition coefficient (Wildman–Crippen LogP) is 1.53. The molecule has 0 aromatic heterocycles. The van der Waals surface area contributed by atoms with Crippen molar-refractivity contribution in [2.24, 2.45) is 0 Å². The smallest absolute Gasteiger partial charge is 0.216 e. The van der Waals surface area contributed by atoms with Crippen molar-refractivity contribution in [3.8, 4) is 0 Å². The summed E-state index contributed by atoms with van der Waals surface area (Å²) in [5, 5.41) is 2.85. The van der Waals surface area contributed by atoms with Crippen LogP contribution in [-0.2, 0) is 4.79 Å². The molecule has 2 rings (SSSR count). The predicted molar refractivity (Wildman–Crippen MR) is 60.7 cm³/mol. The Kier molecular flexibility index (Phi) is 3.62. The Morgan fingerprint density at radius 1 is 1.20 bits per heavy atom. The van der Waals surface area contributed by atoms with Crippen LogP contribution in [0.1, 0.15) is 45.4 Å². The van der Waals surface area contributed by atoms with Crippen LogP contribution in [0.15, 0.2) is 0 Å². The first kappa shape index (κ1) is 10.9. The van der Waals surface area contributed by atoms with Gasteiger partial charge in [-0.1, -0.05) is 0 Å². The van der Waals surface area contributed by atoms with Crippen molar-refractivity contribution in [1.82, 2.24) is 10.2 Å². The van der Waals surface area contributed by atoms with Gasteiger partial charge in [-0.25, -0.2) is 0 Å². The number of nitrogens with one attached hydrogen (secondary N) is 1. The van der Waals surface area contributed by atoms with Gasteiger partial charge >= 0.3 is 0 Å². The van der Waals surface area contributed by atoms with Gasteiger partial charge in [0.1, 0.15) is 0 Å². The third-order valence-electron chi connectivity index (χ3n) is 3.25. The van der Waals surface area contributed by atoms with Crippen molar-refractivity contribution >= 4 is 5.91 Å². The molecule has 3 heteroatoms. The Morgan fingerprint density at radius 2 is 1.80 bits per heavy atom. The van der Waals surface area contributed by atoms with E-state index in [0.29, 0.717) is 0 Å². The van der Waals surface area contributed by atoms with Gasteiger partial charge in [-0.3, -0.25) is 9.69 Å². The van der Waals surface area contributed by atoms with Gasteiger partial charge < -0.3 is 5.32 Å². The highest BCUT2D eigenvalue weighted by atomic mass is 16.1. The van der Waals surface area contributed by atoms with Crippen LogP contribution in [0.4, 0.5) is 0 Å². The summed E-state index contributed by atoms with van der Waals surface area (Å²) < 4.78 is 0. The summed E-state index contributed by atoms with van der Waals surface area (Å²) in [7, 11) is 0. The second-order valence-corrected chi connectivity index (χ2v) is 4.89. The fourth-order valence-corrected chi connectivity index (χ4v) is 2.16.